The zero-order valence-electron chi connectivity index (χ0n) is 9.61. The maximum atomic E-state index is 4.23. The summed E-state index contributed by atoms with van der Waals surface area (Å²) in [5.74, 6) is 1.14. The molecule has 2 rings (SSSR count). The Morgan fingerprint density at radius 1 is 1.67 bits per heavy atom. The second-order valence-electron chi connectivity index (χ2n) is 4.45. The van der Waals surface area contributed by atoms with Gasteiger partial charge in [0, 0.05) is 18.5 Å². The number of nitrogens with one attached hydrogen (secondary N) is 1. The molecule has 2 heterocycles. The van der Waals surface area contributed by atoms with E-state index in [1.807, 2.05) is 4.68 Å². The van der Waals surface area contributed by atoms with Crippen LogP contribution < -0.4 is 5.32 Å². The van der Waals surface area contributed by atoms with Gasteiger partial charge in [0.05, 0.1) is 6.54 Å². The van der Waals surface area contributed by atoms with Crippen LogP contribution in [0.4, 0.5) is 0 Å². The third-order valence-electron chi connectivity index (χ3n) is 3.05. The molecule has 1 aromatic heterocycles. The van der Waals surface area contributed by atoms with Crippen molar-refractivity contribution in [1.29, 1.82) is 0 Å². The van der Waals surface area contributed by atoms with E-state index >= 15 is 0 Å². The molecule has 0 saturated heterocycles. The third-order valence-corrected chi connectivity index (χ3v) is 3.05. The summed E-state index contributed by atoms with van der Waals surface area (Å²) in [5.41, 5.74) is 0. The van der Waals surface area contributed by atoms with Crippen LogP contribution in [0.15, 0.2) is 6.33 Å². The van der Waals surface area contributed by atoms with Crippen LogP contribution in [-0.2, 0) is 13.0 Å². The van der Waals surface area contributed by atoms with Crippen molar-refractivity contribution in [2.45, 2.75) is 58.2 Å². The lowest BCUT2D eigenvalue weighted by atomic mass is 10.1. The molecule has 0 spiro atoms. The predicted molar refractivity (Wildman–Crippen MR) is 59.6 cm³/mol. The van der Waals surface area contributed by atoms with Crippen molar-refractivity contribution in [3.05, 3.63) is 12.2 Å². The molecule has 0 bridgehead atoms. The molecular weight excluding hydrogens is 188 g/mol. The summed E-state index contributed by atoms with van der Waals surface area (Å²) in [4.78, 5) is 4.23. The number of aromatic nitrogens is 3. The highest BCUT2D eigenvalue weighted by atomic mass is 15.3. The van der Waals surface area contributed by atoms with E-state index in [1.54, 1.807) is 6.33 Å². The molecule has 0 aromatic carbocycles. The van der Waals surface area contributed by atoms with E-state index in [1.165, 1.54) is 19.3 Å². The van der Waals surface area contributed by atoms with Crippen LogP contribution in [-0.4, -0.2) is 26.8 Å². The number of rotatable bonds is 4. The molecule has 2 atom stereocenters. The van der Waals surface area contributed by atoms with Gasteiger partial charge in [-0.2, -0.15) is 5.10 Å². The van der Waals surface area contributed by atoms with Gasteiger partial charge in [0.15, 0.2) is 0 Å². The standard InChI is InChI=1S/C11H20N4/c1-3-4-9(2)14-10-5-6-11-12-8-13-15(11)7-10/h8-10,14H,3-7H2,1-2H3. The fraction of sp³-hybridized carbons (Fsp3) is 0.818. The van der Waals surface area contributed by atoms with Crippen molar-refractivity contribution >= 4 is 0 Å². The van der Waals surface area contributed by atoms with E-state index in [9.17, 15) is 0 Å². The zero-order chi connectivity index (χ0) is 10.7. The SMILES string of the molecule is CCCC(C)NC1CCc2ncnn2C1. The second-order valence-corrected chi connectivity index (χ2v) is 4.45. The number of hydrogen-bond donors (Lipinski definition) is 1. The quantitative estimate of drug-likeness (QED) is 0.812. The van der Waals surface area contributed by atoms with Crippen molar-refractivity contribution in [2.75, 3.05) is 0 Å². The van der Waals surface area contributed by atoms with Crippen LogP contribution >= 0.6 is 0 Å². The van der Waals surface area contributed by atoms with Crippen LogP contribution in [0, 0.1) is 0 Å². The molecule has 2 unspecified atom stereocenters. The fourth-order valence-electron chi connectivity index (χ4n) is 2.29. The normalized spacial score (nSPS) is 22.4. The number of fused-ring (bicyclic) bond motifs is 1. The molecule has 0 aliphatic carbocycles. The monoisotopic (exact) mass is 208 g/mol. The van der Waals surface area contributed by atoms with Gasteiger partial charge >= 0.3 is 0 Å². The average Bonchev–Trinajstić information content (AvgIpc) is 2.65. The minimum absolute atomic E-state index is 0.570. The molecule has 0 amide bonds. The molecule has 1 N–H and O–H groups in total. The molecule has 4 heteroatoms. The maximum absolute atomic E-state index is 4.23. The van der Waals surface area contributed by atoms with Gasteiger partial charge in [0.1, 0.15) is 12.2 Å². The Hall–Kier alpha value is -0.900. The minimum atomic E-state index is 0.570. The van der Waals surface area contributed by atoms with Crippen molar-refractivity contribution < 1.29 is 0 Å². The molecule has 15 heavy (non-hydrogen) atoms. The lowest BCUT2D eigenvalue weighted by molar-refractivity contribution is 0.325. The Labute approximate surface area is 91.1 Å². The first-order chi connectivity index (χ1) is 7.29. The number of hydrogen-bond acceptors (Lipinski definition) is 3. The Morgan fingerprint density at radius 3 is 3.33 bits per heavy atom. The van der Waals surface area contributed by atoms with Crippen molar-refractivity contribution in [1.82, 2.24) is 20.1 Å². The number of nitrogens with zero attached hydrogens (tertiary/aromatic N) is 3. The molecule has 1 aliphatic rings. The summed E-state index contributed by atoms with van der Waals surface area (Å²) in [6.07, 6.45) is 6.40. The van der Waals surface area contributed by atoms with Gasteiger partial charge in [-0.15, -0.1) is 0 Å². The third kappa shape index (κ3) is 2.56. The highest BCUT2D eigenvalue weighted by Gasteiger charge is 2.20. The van der Waals surface area contributed by atoms with Crippen LogP contribution in [0.3, 0.4) is 0 Å². The summed E-state index contributed by atoms with van der Waals surface area (Å²) in [5, 5.41) is 7.89. The highest BCUT2D eigenvalue weighted by molar-refractivity contribution is 4.92. The van der Waals surface area contributed by atoms with Crippen LogP contribution in [0.5, 0.6) is 0 Å². The largest absolute Gasteiger partial charge is 0.310 e. The Bertz CT molecular complexity index is 307. The molecule has 0 saturated carbocycles. The number of aryl methyl sites for hydroxylation is 1. The lowest BCUT2D eigenvalue weighted by Crippen LogP contribution is -2.42. The smallest absolute Gasteiger partial charge is 0.138 e. The summed E-state index contributed by atoms with van der Waals surface area (Å²) in [6.45, 7) is 5.47. The fourth-order valence-corrected chi connectivity index (χ4v) is 2.29. The summed E-state index contributed by atoms with van der Waals surface area (Å²) < 4.78 is 2.03. The first-order valence-corrected chi connectivity index (χ1v) is 5.92. The molecule has 1 aliphatic heterocycles. The van der Waals surface area contributed by atoms with E-state index in [0.29, 0.717) is 12.1 Å². The van der Waals surface area contributed by atoms with Gasteiger partial charge < -0.3 is 5.32 Å². The Morgan fingerprint density at radius 2 is 2.53 bits per heavy atom. The van der Waals surface area contributed by atoms with E-state index in [4.69, 9.17) is 0 Å². The topological polar surface area (TPSA) is 42.7 Å². The van der Waals surface area contributed by atoms with Crippen molar-refractivity contribution in [2.24, 2.45) is 0 Å². The van der Waals surface area contributed by atoms with Gasteiger partial charge in [0.25, 0.3) is 0 Å². The van der Waals surface area contributed by atoms with E-state index in [-0.39, 0.29) is 0 Å². The molecule has 0 fully saturated rings. The van der Waals surface area contributed by atoms with E-state index in [2.05, 4.69) is 29.2 Å². The molecular formula is C11H20N4. The zero-order valence-corrected chi connectivity index (χ0v) is 9.61. The van der Waals surface area contributed by atoms with Gasteiger partial charge in [-0.05, 0) is 19.8 Å². The molecule has 1 aromatic rings. The van der Waals surface area contributed by atoms with Crippen LogP contribution in [0.2, 0.25) is 0 Å². The Balaban J connectivity index is 1.87. The maximum Gasteiger partial charge on any atom is 0.138 e. The first kappa shape index (κ1) is 10.6. The van der Waals surface area contributed by atoms with E-state index < -0.39 is 0 Å². The summed E-state index contributed by atoms with van der Waals surface area (Å²) in [6, 6.07) is 1.19. The average molecular weight is 208 g/mol. The van der Waals surface area contributed by atoms with Crippen molar-refractivity contribution in [3.63, 3.8) is 0 Å². The van der Waals surface area contributed by atoms with Gasteiger partial charge in [-0.1, -0.05) is 13.3 Å². The second kappa shape index (κ2) is 4.75. The highest BCUT2D eigenvalue weighted by Crippen LogP contribution is 2.12. The van der Waals surface area contributed by atoms with Crippen LogP contribution in [0.25, 0.3) is 0 Å². The molecule has 0 radical (unpaired) electrons. The van der Waals surface area contributed by atoms with E-state index in [0.717, 1.165) is 18.8 Å². The van der Waals surface area contributed by atoms with Crippen molar-refractivity contribution in [3.8, 4) is 0 Å². The van der Waals surface area contributed by atoms with Gasteiger partial charge in [-0.3, -0.25) is 0 Å². The lowest BCUT2D eigenvalue weighted by Gasteiger charge is -2.26. The summed E-state index contributed by atoms with van der Waals surface area (Å²) in [7, 11) is 0. The van der Waals surface area contributed by atoms with Gasteiger partial charge in [-0.25, -0.2) is 9.67 Å². The predicted octanol–water partition coefficient (Wildman–Crippen LogP) is 1.37. The molecule has 4 nitrogen and oxygen atoms in total. The summed E-state index contributed by atoms with van der Waals surface area (Å²) >= 11 is 0. The van der Waals surface area contributed by atoms with Crippen LogP contribution in [0.1, 0.15) is 38.9 Å². The Kier molecular flexibility index (Phi) is 3.36. The minimum Gasteiger partial charge on any atom is -0.310 e. The molecule has 84 valence electrons. The van der Waals surface area contributed by atoms with Gasteiger partial charge in [0.2, 0.25) is 0 Å². The first-order valence-electron chi connectivity index (χ1n) is 5.92.